The van der Waals surface area contributed by atoms with Gasteiger partial charge in [0, 0.05) is 19.2 Å². The van der Waals surface area contributed by atoms with Gasteiger partial charge in [-0.05, 0) is 30.2 Å². The average molecular weight is 396 g/mol. The van der Waals surface area contributed by atoms with E-state index in [2.05, 4.69) is 10.1 Å². The molecule has 0 spiro atoms. The number of ether oxygens (including phenoxy) is 2. The Morgan fingerprint density at radius 2 is 1.89 bits per heavy atom. The van der Waals surface area contributed by atoms with Crippen molar-refractivity contribution in [3.05, 3.63) is 59.7 Å². The minimum atomic E-state index is -4.79. The van der Waals surface area contributed by atoms with E-state index in [1.165, 1.54) is 30.1 Å². The number of nitrogens with zero attached hydrogens (tertiary/aromatic N) is 1. The van der Waals surface area contributed by atoms with Crippen LogP contribution in [-0.4, -0.2) is 30.9 Å². The lowest BCUT2D eigenvalue weighted by molar-refractivity contribution is -0.275. The third kappa shape index (κ3) is 7.02. The summed E-state index contributed by atoms with van der Waals surface area (Å²) in [4.78, 5) is 13.6. The summed E-state index contributed by atoms with van der Waals surface area (Å²) in [5.74, 6) is 0.399. The van der Waals surface area contributed by atoms with Crippen molar-refractivity contribution in [1.82, 2.24) is 10.2 Å². The highest BCUT2D eigenvalue weighted by atomic mass is 19.4. The topological polar surface area (TPSA) is 50.8 Å². The van der Waals surface area contributed by atoms with Crippen molar-refractivity contribution in [1.29, 1.82) is 0 Å². The number of amides is 2. The first-order chi connectivity index (χ1) is 13.3. The number of alkyl halides is 3. The Bertz CT molecular complexity index is 781. The number of halogens is 3. The molecule has 0 atom stereocenters. The Morgan fingerprint density at radius 1 is 1.14 bits per heavy atom. The zero-order valence-corrected chi connectivity index (χ0v) is 15.8. The second-order valence-electron chi connectivity index (χ2n) is 6.17. The van der Waals surface area contributed by atoms with E-state index in [0.29, 0.717) is 6.61 Å². The van der Waals surface area contributed by atoms with Crippen molar-refractivity contribution in [2.45, 2.75) is 32.8 Å². The Balaban J connectivity index is 1.93. The lowest BCUT2D eigenvalue weighted by Gasteiger charge is -2.20. The largest absolute Gasteiger partial charge is 0.573 e. The van der Waals surface area contributed by atoms with E-state index >= 15 is 0 Å². The quantitative estimate of drug-likeness (QED) is 0.703. The standard InChI is InChI=1S/C20H23F3N2O3/c1-3-11-27-17-9-6-7-15(12-17)13-24-19(26)25(2)14-16-8-4-5-10-18(16)28-20(21,22)23/h4-10,12H,3,11,13-14H2,1-2H3,(H,24,26). The molecule has 0 bridgehead atoms. The molecule has 152 valence electrons. The van der Waals surface area contributed by atoms with Crippen LogP contribution in [0.5, 0.6) is 11.5 Å². The Hall–Kier alpha value is -2.90. The van der Waals surface area contributed by atoms with Crippen LogP contribution in [0, 0.1) is 0 Å². The van der Waals surface area contributed by atoms with E-state index in [1.54, 1.807) is 6.07 Å². The Morgan fingerprint density at radius 3 is 2.61 bits per heavy atom. The highest BCUT2D eigenvalue weighted by molar-refractivity contribution is 5.74. The minimum Gasteiger partial charge on any atom is -0.494 e. The molecule has 2 amide bonds. The molecule has 0 radical (unpaired) electrons. The smallest absolute Gasteiger partial charge is 0.494 e. The fourth-order valence-corrected chi connectivity index (χ4v) is 2.46. The van der Waals surface area contributed by atoms with Crippen molar-refractivity contribution in [3.63, 3.8) is 0 Å². The van der Waals surface area contributed by atoms with Crippen LogP contribution in [-0.2, 0) is 13.1 Å². The van der Waals surface area contributed by atoms with Crippen LogP contribution in [0.15, 0.2) is 48.5 Å². The van der Waals surface area contributed by atoms with Crippen LogP contribution in [0.3, 0.4) is 0 Å². The maximum Gasteiger partial charge on any atom is 0.573 e. The second-order valence-corrected chi connectivity index (χ2v) is 6.17. The molecule has 0 fully saturated rings. The SMILES string of the molecule is CCCOc1cccc(CNC(=O)N(C)Cc2ccccc2OC(F)(F)F)c1. The normalized spacial score (nSPS) is 11.0. The number of benzene rings is 2. The van der Waals surface area contributed by atoms with Gasteiger partial charge in [-0.15, -0.1) is 13.2 Å². The third-order valence-corrected chi connectivity index (χ3v) is 3.77. The Labute approximate surface area is 162 Å². The summed E-state index contributed by atoms with van der Waals surface area (Å²) in [6.07, 6.45) is -3.90. The molecular weight excluding hydrogens is 373 g/mol. The van der Waals surface area contributed by atoms with Gasteiger partial charge in [0.1, 0.15) is 11.5 Å². The molecule has 2 aromatic carbocycles. The highest BCUT2D eigenvalue weighted by Gasteiger charge is 2.32. The summed E-state index contributed by atoms with van der Waals surface area (Å²) < 4.78 is 47.1. The van der Waals surface area contributed by atoms with Crippen LogP contribution < -0.4 is 14.8 Å². The van der Waals surface area contributed by atoms with Crippen LogP contribution in [0.4, 0.5) is 18.0 Å². The first-order valence-corrected chi connectivity index (χ1v) is 8.83. The zero-order valence-electron chi connectivity index (χ0n) is 15.8. The monoisotopic (exact) mass is 396 g/mol. The van der Waals surface area contributed by atoms with Crippen LogP contribution in [0.1, 0.15) is 24.5 Å². The molecule has 2 aromatic rings. The molecular formula is C20H23F3N2O3. The summed E-state index contributed by atoms with van der Waals surface area (Å²) in [6, 6.07) is 12.7. The van der Waals surface area contributed by atoms with Gasteiger partial charge in [0.15, 0.2) is 0 Å². The lowest BCUT2D eigenvalue weighted by atomic mass is 10.2. The van der Waals surface area contributed by atoms with Gasteiger partial charge in [-0.3, -0.25) is 0 Å². The van der Waals surface area contributed by atoms with Crippen molar-refractivity contribution < 1.29 is 27.4 Å². The van der Waals surface area contributed by atoms with E-state index < -0.39 is 12.4 Å². The van der Waals surface area contributed by atoms with Gasteiger partial charge in [-0.1, -0.05) is 37.3 Å². The number of rotatable bonds is 8. The maximum absolute atomic E-state index is 12.5. The van der Waals surface area contributed by atoms with E-state index in [0.717, 1.165) is 17.7 Å². The second kappa shape index (κ2) is 9.87. The number of hydrogen-bond donors (Lipinski definition) is 1. The molecule has 28 heavy (non-hydrogen) atoms. The molecule has 0 unspecified atom stereocenters. The summed E-state index contributed by atoms with van der Waals surface area (Å²) >= 11 is 0. The maximum atomic E-state index is 12.5. The van der Waals surface area contributed by atoms with Gasteiger partial charge in [-0.25, -0.2) is 4.79 Å². The summed E-state index contributed by atoms with van der Waals surface area (Å²) in [6.45, 7) is 2.86. The first kappa shape index (κ1) is 21.4. The fourth-order valence-electron chi connectivity index (χ4n) is 2.46. The van der Waals surface area contributed by atoms with Crippen molar-refractivity contribution in [2.75, 3.05) is 13.7 Å². The summed E-state index contributed by atoms with van der Waals surface area (Å²) in [7, 11) is 1.50. The van der Waals surface area contributed by atoms with E-state index in [9.17, 15) is 18.0 Å². The number of carbonyl (C=O) groups excluding carboxylic acids is 1. The molecule has 0 aromatic heterocycles. The van der Waals surface area contributed by atoms with Crippen LogP contribution in [0.2, 0.25) is 0 Å². The molecule has 0 aliphatic carbocycles. The van der Waals surface area contributed by atoms with E-state index in [1.807, 2.05) is 31.2 Å². The fraction of sp³-hybridized carbons (Fsp3) is 0.350. The summed E-state index contributed by atoms with van der Waals surface area (Å²) in [5.41, 5.74) is 1.11. The first-order valence-electron chi connectivity index (χ1n) is 8.83. The van der Waals surface area contributed by atoms with E-state index in [4.69, 9.17) is 4.74 Å². The van der Waals surface area contributed by atoms with Crippen molar-refractivity contribution in [2.24, 2.45) is 0 Å². The van der Waals surface area contributed by atoms with Gasteiger partial charge >= 0.3 is 12.4 Å². The molecule has 2 rings (SSSR count). The predicted octanol–water partition coefficient (Wildman–Crippen LogP) is 4.72. The van der Waals surface area contributed by atoms with E-state index in [-0.39, 0.29) is 24.4 Å². The highest BCUT2D eigenvalue weighted by Crippen LogP contribution is 2.27. The van der Waals surface area contributed by atoms with Crippen LogP contribution in [0.25, 0.3) is 0 Å². The van der Waals surface area contributed by atoms with Gasteiger partial charge in [-0.2, -0.15) is 0 Å². The number of para-hydroxylation sites is 1. The van der Waals surface area contributed by atoms with Crippen molar-refractivity contribution in [3.8, 4) is 11.5 Å². The van der Waals surface area contributed by atoms with Crippen molar-refractivity contribution >= 4 is 6.03 Å². The molecule has 0 saturated carbocycles. The lowest BCUT2D eigenvalue weighted by Crippen LogP contribution is -2.36. The zero-order chi connectivity index (χ0) is 20.6. The van der Waals surface area contributed by atoms with Gasteiger partial charge < -0.3 is 19.7 Å². The molecule has 0 aliphatic rings. The summed E-state index contributed by atoms with van der Waals surface area (Å²) in [5, 5.41) is 2.74. The molecule has 1 N–H and O–H groups in total. The number of hydrogen-bond acceptors (Lipinski definition) is 3. The predicted molar refractivity (Wildman–Crippen MR) is 99.1 cm³/mol. The molecule has 0 saturated heterocycles. The third-order valence-electron chi connectivity index (χ3n) is 3.77. The van der Waals surface area contributed by atoms with Crippen LogP contribution >= 0.6 is 0 Å². The van der Waals surface area contributed by atoms with Gasteiger partial charge in [0.2, 0.25) is 0 Å². The number of urea groups is 1. The molecule has 5 nitrogen and oxygen atoms in total. The Kier molecular flexibility index (Phi) is 7.54. The molecule has 8 heteroatoms. The van der Waals surface area contributed by atoms with Gasteiger partial charge in [0.25, 0.3) is 0 Å². The number of carbonyl (C=O) groups is 1. The molecule has 0 heterocycles. The van der Waals surface area contributed by atoms with Gasteiger partial charge in [0.05, 0.1) is 13.2 Å². The molecule has 0 aliphatic heterocycles. The minimum absolute atomic E-state index is 0.0300. The number of nitrogens with one attached hydrogen (secondary N) is 1. The average Bonchev–Trinajstić information content (AvgIpc) is 2.65.